The number of hydrogen-bond acceptors (Lipinski definition) is 1. The summed E-state index contributed by atoms with van der Waals surface area (Å²) >= 11 is 0. The van der Waals surface area contributed by atoms with E-state index in [0.29, 0.717) is 6.04 Å². The molecular formula is C18H16N2O+2. The molecular weight excluding hydrogens is 260 g/mol. The van der Waals surface area contributed by atoms with Crippen LogP contribution in [-0.2, 0) is 0 Å². The minimum absolute atomic E-state index is 0.404. The second-order valence-electron chi connectivity index (χ2n) is 5.55. The molecule has 21 heavy (non-hydrogen) atoms. The molecule has 0 amide bonds. The van der Waals surface area contributed by atoms with E-state index in [1.807, 2.05) is 35.2 Å². The van der Waals surface area contributed by atoms with Gasteiger partial charge >= 0.3 is 6.01 Å². The van der Waals surface area contributed by atoms with Crippen LogP contribution in [0, 0.1) is 0 Å². The van der Waals surface area contributed by atoms with Crippen molar-refractivity contribution in [2.45, 2.75) is 19.9 Å². The van der Waals surface area contributed by atoms with Crippen LogP contribution in [0.5, 0.6) is 0 Å². The van der Waals surface area contributed by atoms with Gasteiger partial charge in [-0.25, -0.2) is 0 Å². The summed E-state index contributed by atoms with van der Waals surface area (Å²) in [6, 6.07) is 18.1. The Kier molecular flexibility index (Phi) is 2.56. The molecule has 2 heterocycles. The highest BCUT2D eigenvalue weighted by Crippen LogP contribution is 2.31. The first-order valence-corrected chi connectivity index (χ1v) is 7.16. The molecule has 0 bridgehead atoms. The molecule has 1 aliphatic heterocycles. The van der Waals surface area contributed by atoms with Gasteiger partial charge in [0.2, 0.25) is 11.9 Å². The zero-order valence-corrected chi connectivity index (χ0v) is 12.1. The van der Waals surface area contributed by atoms with Gasteiger partial charge < -0.3 is 4.42 Å². The van der Waals surface area contributed by atoms with Crippen molar-refractivity contribution >= 4 is 33.6 Å². The molecule has 1 aromatic heterocycles. The zero-order chi connectivity index (χ0) is 14.4. The van der Waals surface area contributed by atoms with Crippen LogP contribution in [0.1, 0.15) is 13.8 Å². The van der Waals surface area contributed by atoms with E-state index < -0.39 is 0 Å². The first kappa shape index (κ1) is 12.1. The monoisotopic (exact) mass is 276 g/mol. The lowest BCUT2D eigenvalue weighted by atomic mass is 10.1. The van der Waals surface area contributed by atoms with E-state index in [-0.39, 0.29) is 0 Å². The van der Waals surface area contributed by atoms with Gasteiger partial charge in [0.05, 0.1) is 6.07 Å². The minimum atomic E-state index is 0.404. The number of hydrogen-bond donors (Lipinski definition) is 0. The summed E-state index contributed by atoms with van der Waals surface area (Å²) in [6.45, 7) is 4.28. The molecule has 0 atom stereocenters. The van der Waals surface area contributed by atoms with Crippen LogP contribution in [0.25, 0.3) is 21.9 Å². The van der Waals surface area contributed by atoms with Crippen LogP contribution >= 0.6 is 0 Å². The van der Waals surface area contributed by atoms with Crippen molar-refractivity contribution in [3.8, 4) is 0 Å². The lowest BCUT2D eigenvalue weighted by molar-refractivity contribution is -0.491. The number of nitrogens with zero attached hydrogens (tertiary/aromatic N) is 2. The summed E-state index contributed by atoms with van der Waals surface area (Å²) in [5.41, 5.74) is 2.89. The number of furan rings is 1. The van der Waals surface area contributed by atoms with Crippen LogP contribution in [0.15, 0.2) is 59.3 Å². The summed E-state index contributed by atoms with van der Waals surface area (Å²) in [7, 11) is 0. The highest BCUT2D eigenvalue weighted by Gasteiger charge is 2.22. The van der Waals surface area contributed by atoms with Gasteiger partial charge in [0, 0.05) is 16.8 Å². The highest BCUT2D eigenvalue weighted by atomic mass is 16.3. The van der Waals surface area contributed by atoms with Gasteiger partial charge in [0.25, 0.3) is 6.20 Å². The van der Waals surface area contributed by atoms with Gasteiger partial charge in [-0.05, 0) is 26.0 Å². The Morgan fingerprint density at radius 2 is 1.76 bits per heavy atom. The van der Waals surface area contributed by atoms with Crippen molar-refractivity contribution < 1.29 is 13.6 Å². The average Bonchev–Trinajstić information content (AvgIpc) is 3.11. The molecule has 0 N–H and O–H groups in total. The molecule has 2 aromatic carbocycles. The van der Waals surface area contributed by atoms with Crippen molar-refractivity contribution in [1.29, 1.82) is 0 Å². The Bertz CT molecular complexity index is 954. The summed E-state index contributed by atoms with van der Waals surface area (Å²) in [5.74, 6) is 0. The number of rotatable bonds is 2. The molecule has 0 fully saturated rings. The van der Waals surface area contributed by atoms with Crippen molar-refractivity contribution in [1.82, 2.24) is 0 Å². The number of para-hydroxylation sites is 1. The van der Waals surface area contributed by atoms with Crippen LogP contribution in [0.4, 0.5) is 5.69 Å². The SMILES string of the molecule is CC(C)[N+]1=C=[N+](c2ccc3c(c2)oc2ccccc23)C=C1. The molecule has 0 saturated carbocycles. The Morgan fingerprint density at radius 1 is 0.952 bits per heavy atom. The standard InChI is InChI=1S/C18H16N2O/c1-13(2)19-9-10-20(12-19)14-7-8-16-15-5-3-4-6-17(15)21-18(16)11-14/h3-11,13H,1-2H3/q+2. The van der Waals surface area contributed by atoms with Gasteiger partial charge in [0.1, 0.15) is 11.2 Å². The van der Waals surface area contributed by atoms with E-state index in [4.69, 9.17) is 4.42 Å². The number of fused-ring (bicyclic) bond motifs is 3. The van der Waals surface area contributed by atoms with E-state index in [1.165, 1.54) is 0 Å². The quantitative estimate of drug-likeness (QED) is 0.638. The molecule has 0 spiro atoms. The second-order valence-corrected chi connectivity index (χ2v) is 5.55. The Balaban J connectivity index is 1.91. The van der Waals surface area contributed by atoms with Gasteiger partial charge in [-0.3, -0.25) is 0 Å². The lowest BCUT2D eigenvalue weighted by Gasteiger charge is -1.90. The fourth-order valence-corrected chi connectivity index (χ4v) is 2.63. The van der Waals surface area contributed by atoms with E-state index in [9.17, 15) is 0 Å². The molecule has 0 aliphatic carbocycles. The maximum Gasteiger partial charge on any atom is 0.495 e. The summed E-state index contributed by atoms with van der Waals surface area (Å²) in [4.78, 5) is 0. The van der Waals surface area contributed by atoms with E-state index in [2.05, 4.69) is 48.7 Å². The van der Waals surface area contributed by atoms with Gasteiger partial charge in [-0.1, -0.05) is 27.4 Å². The third-order valence-electron chi connectivity index (χ3n) is 3.80. The van der Waals surface area contributed by atoms with Gasteiger partial charge in [-0.15, -0.1) is 0 Å². The topological polar surface area (TPSA) is 19.2 Å². The predicted molar refractivity (Wildman–Crippen MR) is 83.2 cm³/mol. The lowest BCUT2D eigenvalue weighted by Crippen LogP contribution is -2.11. The molecule has 0 saturated heterocycles. The van der Waals surface area contributed by atoms with Gasteiger partial charge in [-0.2, -0.15) is 0 Å². The smallest absolute Gasteiger partial charge is 0.456 e. The zero-order valence-electron chi connectivity index (χ0n) is 12.1. The average molecular weight is 276 g/mol. The molecule has 0 radical (unpaired) electrons. The van der Waals surface area contributed by atoms with E-state index in [1.54, 1.807) is 0 Å². The third kappa shape index (κ3) is 1.91. The fraction of sp³-hybridized carbons (Fsp3) is 0.167. The Labute approximate surface area is 122 Å². The highest BCUT2D eigenvalue weighted by molar-refractivity contribution is 6.05. The van der Waals surface area contributed by atoms with Crippen LogP contribution in [0.3, 0.4) is 0 Å². The van der Waals surface area contributed by atoms with Crippen molar-refractivity contribution in [2.24, 2.45) is 0 Å². The first-order chi connectivity index (χ1) is 10.2. The largest absolute Gasteiger partial charge is 0.495 e. The van der Waals surface area contributed by atoms with Crippen LogP contribution in [-0.4, -0.2) is 21.2 Å². The summed E-state index contributed by atoms with van der Waals surface area (Å²) in [6.07, 6.45) is 4.05. The van der Waals surface area contributed by atoms with E-state index >= 15 is 0 Å². The normalized spacial score (nSPS) is 14.2. The Hall–Kier alpha value is -2.64. The molecule has 3 nitrogen and oxygen atoms in total. The van der Waals surface area contributed by atoms with Crippen molar-refractivity contribution in [2.75, 3.05) is 0 Å². The maximum atomic E-state index is 5.93. The minimum Gasteiger partial charge on any atom is -0.456 e. The van der Waals surface area contributed by atoms with Crippen molar-refractivity contribution in [3.05, 3.63) is 54.9 Å². The first-order valence-electron chi connectivity index (χ1n) is 7.16. The predicted octanol–water partition coefficient (Wildman–Crippen LogP) is 4.31. The Morgan fingerprint density at radius 3 is 2.57 bits per heavy atom. The fourth-order valence-electron chi connectivity index (χ4n) is 2.63. The molecule has 3 aromatic rings. The maximum absolute atomic E-state index is 5.93. The molecule has 0 unspecified atom stereocenters. The molecule has 102 valence electrons. The number of benzene rings is 2. The summed E-state index contributed by atoms with van der Waals surface area (Å²) in [5, 5.41) is 2.31. The summed E-state index contributed by atoms with van der Waals surface area (Å²) < 4.78 is 9.99. The third-order valence-corrected chi connectivity index (χ3v) is 3.80. The molecule has 4 rings (SSSR count). The van der Waals surface area contributed by atoms with E-state index in [0.717, 1.165) is 27.6 Å². The second kappa shape index (κ2) is 4.44. The molecule has 3 heteroatoms. The van der Waals surface area contributed by atoms with Crippen LogP contribution < -0.4 is 0 Å². The van der Waals surface area contributed by atoms with Crippen molar-refractivity contribution in [3.63, 3.8) is 0 Å². The van der Waals surface area contributed by atoms with Gasteiger partial charge in [0.15, 0.2) is 6.04 Å². The molecule has 1 aliphatic rings. The van der Waals surface area contributed by atoms with Crippen LogP contribution in [0.2, 0.25) is 0 Å².